The number of nitrogen functional groups attached to an aromatic ring is 1. The van der Waals surface area contributed by atoms with Gasteiger partial charge in [0.05, 0.1) is 10.6 Å². The van der Waals surface area contributed by atoms with Crippen LogP contribution < -0.4 is 16.0 Å². The highest BCUT2D eigenvalue weighted by atomic mass is 35.5. The zero-order chi connectivity index (χ0) is 14.5. The second-order valence-electron chi connectivity index (χ2n) is 3.79. The number of hydrogen-bond donors (Lipinski definition) is 2. The fraction of sp³-hybridized carbons (Fsp3) is 0.0769. The molecule has 0 saturated heterocycles. The van der Waals surface area contributed by atoms with E-state index >= 15 is 0 Å². The minimum Gasteiger partial charge on any atom is -0.484 e. The number of hydrazine groups is 1. The number of ether oxygens (including phenoxy) is 1. The van der Waals surface area contributed by atoms with Crippen molar-refractivity contribution in [3.63, 3.8) is 0 Å². The molecule has 0 aliphatic carbocycles. The van der Waals surface area contributed by atoms with Gasteiger partial charge in [-0.15, -0.1) is 0 Å². The van der Waals surface area contributed by atoms with Crippen LogP contribution in [0.25, 0.3) is 0 Å². The van der Waals surface area contributed by atoms with Crippen molar-refractivity contribution in [2.75, 3.05) is 0 Å². The number of nitrogens with one attached hydrogen (secondary N) is 1. The molecule has 0 unspecified atom stereocenters. The maximum absolute atomic E-state index is 11.2. The first kappa shape index (κ1) is 13.9. The van der Waals surface area contributed by atoms with Gasteiger partial charge >= 0.3 is 0 Å². The molecule has 0 atom stereocenters. The van der Waals surface area contributed by atoms with Crippen molar-refractivity contribution in [1.82, 2.24) is 5.43 Å². The van der Waals surface area contributed by atoms with E-state index in [-0.39, 0.29) is 17.7 Å². The molecule has 0 bridgehead atoms. The van der Waals surface area contributed by atoms with E-state index < -0.39 is 5.91 Å². The summed E-state index contributed by atoms with van der Waals surface area (Å²) in [6.07, 6.45) is 1.27. The zero-order valence-electron chi connectivity index (χ0n) is 10.2. The molecular weight excluding hydrogens is 282 g/mol. The molecule has 0 aliphatic rings. The van der Waals surface area contributed by atoms with Gasteiger partial charge in [0.25, 0.3) is 5.91 Å². The highest BCUT2D eigenvalue weighted by molar-refractivity contribution is 6.31. The van der Waals surface area contributed by atoms with Crippen LogP contribution in [-0.4, -0.2) is 5.91 Å². The molecule has 0 saturated carbocycles. The summed E-state index contributed by atoms with van der Waals surface area (Å²) < 4.78 is 10.6. The molecule has 1 aromatic heterocycles. The van der Waals surface area contributed by atoms with Crippen molar-refractivity contribution in [3.8, 4) is 11.8 Å². The van der Waals surface area contributed by atoms with Gasteiger partial charge in [0.1, 0.15) is 36.0 Å². The van der Waals surface area contributed by atoms with Crippen molar-refractivity contribution in [2.24, 2.45) is 5.84 Å². The third kappa shape index (κ3) is 2.91. The fourth-order valence-electron chi connectivity index (χ4n) is 1.54. The molecule has 2 aromatic rings. The topological polar surface area (TPSA) is 101 Å². The maximum atomic E-state index is 11.2. The van der Waals surface area contributed by atoms with Gasteiger partial charge in [-0.3, -0.25) is 10.2 Å². The Hall–Kier alpha value is -2.49. The lowest BCUT2D eigenvalue weighted by atomic mass is 10.2. The zero-order valence-corrected chi connectivity index (χ0v) is 11.0. The van der Waals surface area contributed by atoms with Crippen molar-refractivity contribution in [2.45, 2.75) is 6.61 Å². The number of carbonyl (C=O) groups is 1. The molecule has 20 heavy (non-hydrogen) atoms. The monoisotopic (exact) mass is 291 g/mol. The highest BCUT2D eigenvalue weighted by Gasteiger charge is 2.11. The number of hydrogen-bond acceptors (Lipinski definition) is 5. The van der Waals surface area contributed by atoms with Gasteiger partial charge in [-0.2, -0.15) is 5.26 Å². The number of rotatable bonds is 4. The summed E-state index contributed by atoms with van der Waals surface area (Å²) in [5, 5.41) is 9.31. The smallest absolute Gasteiger partial charge is 0.268 e. The molecule has 0 fully saturated rings. The van der Waals surface area contributed by atoms with Crippen molar-refractivity contribution in [1.29, 1.82) is 5.26 Å². The predicted octanol–water partition coefficient (Wildman–Crippen LogP) is 1.99. The molecule has 2 rings (SSSR count). The normalized spacial score (nSPS) is 9.85. The number of carbonyl (C=O) groups excluding carboxylic acids is 1. The van der Waals surface area contributed by atoms with Gasteiger partial charge in [0.2, 0.25) is 0 Å². The number of nitrogens with zero attached hydrogens (tertiary/aromatic N) is 1. The molecule has 1 aromatic carbocycles. The van der Waals surface area contributed by atoms with Crippen molar-refractivity contribution < 1.29 is 13.9 Å². The summed E-state index contributed by atoms with van der Waals surface area (Å²) >= 11 is 5.88. The first-order valence-electron chi connectivity index (χ1n) is 5.55. The van der Waals surface area contributed by atoms with Gasteiger partial charge in [0.15, 0.2) is 0 Å². The molecule has 0 spiro atoms. The summed E-state index contributed by atoms with van der Waals surface area (Å²) in [6.45, 7) is 0.0624. The van der Waals surface area contributed by atoms with Crippen LogP contribution in [0.3, 0.4) is 0 Å². The van der Waals surface area contributed by atoms with Crippen LogP contribution in [-0.2, 0) is 6.61 Å². The van der Waals surface area contributed by atoms with Crippen LogP contribution in [0.2, 0.25) is 5.02 Å². The van der Waals surface area contributed by atoms with E-state index in [2.05, 4.69) is 0 Å². The first-order valence-corrected chi connectivity index (χ1v) is 5.93. The summed E-state index contributed by atoms with van der Waals surface area (Å²) in [4.78, 5) is 11.2. The Kier molecular flexibility index (Phi) is 4.25. The van der Waals surface area contributed by atoms with Gasteiger partial charge < -0.3 is 9.15 Å². The average molecular weight is 292 g/mol. The van der Waals surface area contributed by atoms with E-state index in [4.69, 9.17) is 31.9 Å². The Labute approximate surface area is 119 Å². The van der Waals surface area contributed by atoms with Crippen molar-refractivity contribution in [3.05, 3.63) is 52.4 Å². The Morgan fingerprint density at radius 1 is 1.55 bits per heavy atom. The van der Waals surface area contributed by atoms with Crippen LogP contribution in [0.4, 0.5) is 0 Å². The van der Waals surface area contributed by atoms with Gasteiger partial charge in [-0.05, 0) is 18.2 Å². The highest BCUT2D eigenvalue weighted by Crippen LogP contribution is 2.26. The molecule has 1 heterocycles. The van der Waals surface area contributed by atoms with Crippen LogP contribution in [0.15, 0.2) is 34.9 Å². The van der Waals surface area contributed by atoms with Gasteiger partial charge in [0, 0.05) is 0 Å². The van der Waals surface area contributed by atoms with E-state index in [0.29, 0.717) is 16.5 Å². The van der Waals surface area contributed by atoms with E-state index in [1.165, 1.54) is 12.3 Å². The van der Waals surface area contributed by atoms with E-state index in [9.17, 15) is 4.79 Å². The number of amides is 1. The number of nitriles is 1. The molecule has 3 N–H and O–H groups in total. The summed E-state index contributed by atoms with van der Waals surface area (Å²) in [6, 6.07) is 8.36. The Morgan fingerprint density at radius 2 is 2.35 bits per heavy atom. The molecule has 7 heteroatoms. The third-order valence-electron chi connectivity index (χ3n) is 2.50. The molecule has 6 nitrogen and oxygen atoms in total. The molecule has 0 aliphatic heterocycles. The van der Waals surface area contributed by atoms with Crippen molar-refractivity contribution >= 4 is 17.5 Å². The number of nitrogens with two attached hydrogens (primary N) is 1. The second-order valence-corrected chi connectivity index (χ2v) is 4.20. The summed E-state index contributed by atoms with van der Waals surface area (Å²) in [5.41, 5.74) is 2.53. The third-order valence-corrected chi connectivity index (χ3v) is 2.82. The van der Waals surface area contributed by atoms with Crippen LogP contribution in [0, 0.1) is 11.3 Å². The Morgan fingerprint density at radius 3 is 3.05 bits per heavy atom. The molecule has 1 amide bonds. The largest absolute Gasteiger partial charge is 0.484 e. The minimum absolute atomic E-state index is 0.0624. The van der Waals surface area contributed by atoms with E-state index in [1.807, 2.05) is 11.5 Å². The van der Waals surface area contributed by atoms with E-state index in [1.54, 1.807) is 18.2 Å². The van der Waals surface area contributed by atoms with Crippen LogP contribution >= 0.6 is 11.6 Å². The first-order chi connectivity index (χ1) is 9.65. The lowest BCUT2D eigenvalue weighted by Crippen LogP contribution is -2.29. The molecule has 0 radical (unpaired) electrons. The van der Waals surface area contributed by atoms with Gasteiger partial charge in [-0.25, -0.2) is 5.84 Å². The maximum Gasteiger partial charge on any atom is 0.268 e. The van der Waals surface area contributed by atoms with Gasteiger partial charge in [-0.1, -0.05) is 17.7 Å². The lowest BCUT2D eigenvalue weighted by Gasteiger charge is -2.06. The SMILES string of the molecule is N#Cc1c(Cl)cccc1OCc1cc(C(=O)NN)co1. The standard InChI is InChI=1S/C13H10ClN3O3/c14-11-2-1-3-12(10(11)5-15)20-7-9-4-8(6-19-9)13(18)17-16/h1-4,6H,7,16H2,(H,17,18). The number of benzene rings is 1. The Bertz CT molecular complexity index is 676. The minimum atomic E-state index is -0.458. The van der Waals surface area contributed by atoms with Crippen LogP contribution in [0.5, 0.6) is 5.75 Å². The quantitative estimate of drug-likeness (QED) is 0.509. The summed E-state index contributed by atoms with van der Waals surface area (Å²) in [5.74, 6) is 5.32. The molecule has 102 valence electrons. The molecular formula is C13H10ClN3O3. The number of halogens is 1. The lowest BCUT2D eigenvalue weighted by molar-refractivity contribution is 0.0953. The van der Waals surface area contributed by atoms with Crippen LogP contribution in [0.1, 0.15) is 21.7 Å². The fourth-order valence-corrected chi connectivity index (χ4v) is 1.75. The average Bonchev–Trinajstić information content (AvgIpc) is 2.93. The number of furan rings is 1. The predicted molar refractivity (Wildman–Crippen MR) is 70.9 cm³/mol. The Balaban J connectivity index is 2.10. The van der Waals surface area contributed by atoms with E-state index in [0.717, 1.165) is 0 Å². The summed E-state index contributed by atoms with van der Waals surface area (Å²) in [7, 11) is 0. The second kappa shape index (κ2) is 6.10.